The van der Waals surface area contributed by atoms with Crippen molar-refractivity contribution in [1.29, 1.82) is 0 Å². The molecule has 5 nitrogen and oxygen atoms in total. The molecule has 0 aromatic carbocycles. The Morgan fingerprint density at radius 3 is 2.25 bits per heavy atom. The molecule has 0 aromatic rings. The average molecular weight is 246 g/mol. The van der Waals surface area contributed by atoms with Crippen LogP contribution in [0.3, 0.4) is 0 Å². The van der Waals surface area contributed by atoms with Gasteiger partial charge in [0.1, 0.15) is 6.04 Å². The summed E-state index contributed by atoms with van der Waals surface area (Å²) in [5.41, 5.74) is 0. The average Bonchev–Trinajstić information content (AvgIpc) is 2.14. The number of carbonyl (C=O) groups is 2. The molecule has 0 rings (SSSR count). The summed E-state index contributed by atoms with van der Waals surface area (Å²) in [4.78, 5) is 21.0. The van der Waals surface area contributed by atoms with E-state index in [2.05, 4.69) is 0 Å². The van der Waals surface area contributed by atoms with E-state index in [9.17, 15) is 27.2 Å². The summed E-state index contributed by atoms with van der Waals surface area (Å²) in [6, 6.07) is -2.56. The van der Waals surface area contributed by atoms with Crippen molar-refractivity contribution in [3.8, 4) is 0 Å². The van der Waals surface area contributed by atoms with Crippen LogP contribution in [0.25, 0.3) is 0 Å². The predicted octanol–water partition coefficient (Wildman–Crippen LogP) is 0.659. The van der Waals surface area contributed by atoms with Crippen LogP contribution in [0.4, 0.5) is 22.4 Å². The fourth-order valence-electron chi connectivity index (χ4n) is 0.585. The van der Waals surface area contributed by atoms with Gasteiger partial charge in [0.25, 0.3) is 0 Å². The number of alkyl halides is 4. The number of carboxylic acid groups (broad SMARTS) is 1. The molecule has 0 bridgehead atoms. The Bertz CT molecular complexity index is 272. The third-order valence-corrected chi connectivity index (χ3v) is 1.52. The van der Waals surface area contributed by atoms with E-state index in [4.69, 9.17) is 5.11 Å². The molecule has 0 fully saturated rings. The Labute approximate surface area is 87.8 Å². The van der Waals surface area contributed by atoms with Crippen LogP contribution >= 0.6 is 0 Å². The van der Waals surface area contributed by atoms with Crippen molar-refractivity contribution < 1.29 is 32.3 Å². The molecule has 0 aliphatic rings. The second kappa shape index (κ2) is 5.52. The summed E-state index contributed by atoms with van der Waals surface area (Å²) in [6.45, 7) is -0.476. The Kier molecular flexibility index (Phi) is 4.99. The number of amides is 2. The molecule has 0 aromatic heterocycles. The Morgan fingerprint density at radius 1 is 1.38 bits per heavy atom. The zero-order valence-electron chi connectivity index (χ0n) is 8.14. The van der Waals surface area contributed by atoms with Crippen LogP contribution in [-0.2, 0) is 4.79 Å². The van der Waals surface area contributed by atoms with Crippen molar-refractivity contribution >= 4 is 12.0 Å². The van der Waals surface area contributed by atoms with Crippen LogP contribution in [0.15, 0.2) is 0 Å². The molecule has 0 radical (unpaired) electrons. The van der Waals surface area contributed by atoms with Gasteiger partial charge in [-0.2, -0.15) is 8.78 Å². The molecule has 0 saturated heterocycles. The van der Waals surface area contributed by atoms with E-state index in [0.29, 0.717) is 0 Å². The first-order valence-electron chi connectivity index (χ1n) is 4.10. The summed E-state index contributed by atoms with van der Waals surface area (Å²) in [5, 5.41) is 11.5. The van der Waals surface area contributed by atoms with Gasteiger partial charge in [-0.05, 0) is 6.92 Å². The van der Waals surface area contributed by atoms with Gasteiger partial charge in [-0.15, -0.1) is 0 Å². The molecule has 2 amide bonds. The second-order valence-corrected chi connectivity index (χ2v) is 2.95. The van der Waals surface area contributed by atoms with E-state index in [0.717, 1.165) is 6.92 Å². The fraction of sp³-hybridized carbons (Fsp3) is 0.714. The normalized spacial score (nSPS) is 13.4. The monoisotopic (exact) mass is 246 g/mol. The van der Waals surface area contributed by atoms with Gasteiger partial charge in [0.2, 0.25) is 0 Å². The molecule has 0 unspecified atom stereocenters. The minimum atomic E-state index is -4.34. The van der Waals surface area contributed by atoms with Gasteiger partial charge >= 0.3 is 24.3 Å². The van der Waals surface area contributed by atoms with Crippen LogP contribution < -0.4 is 10.6 Å². The highest BCUT2D eigenvalue weighted by atomic mass is 19.3. The Morgan fingerprint density at radius 2 is 1.88 bits per heavy atom. The first-order valence-corrected chi connectivity index (χ1v) is 4.10. The molecule has 0 aliphatic carbocycles. The van der Waals surface area contributed by atoms with Gasteiger partial charge in [0.05, 0.1) is 6.54 Å². The van der Waals surface area contributed by atoms with Crippen molar-refractivity contribution in [2.24, 2.45) is 0 Å². The van der Waals surface area contributed by atoms with Crippen molar-refractivity contribution in [1.82, 2.24) is 10.6 Å². The molecule has 0 heterocycles. The molecule has 3 N–H and O–H groups in total. The number of halogens is 4. The second-order valence-electron chi connectivity index (χ2n) is 2.95. The van der Waals surface area contributed by atoms with Gasteiger partial charge in [-0.1, -0.05) is 0 Å². The summed E-state index contributed by atoms with van der Waals surface area (Å²) < 4.78 is 47.9. The molecule has 9 heteroatoms. The van der Waals surface area contributed by atoms with Crippen LogP contribution in [0.1, 0.15) is 6.92 Å². The van der Waals surface area contributed by atoms with E-state index in [1.807, 2.05) is 0 Å². The number of urea groups is 1. The van der Waals surface area contributed by atoms with Gasteiger partial charge in [0, 0.05) is 0 Å². The molecule has 0 spiro atoms. The third kappa shape index (κ3) is 4.80. The van der Waals surface area contributed by atoms with Crippen LogP contribution in [0.5, 0.6) is 0 Å². The summed E-state index contributed by atoms with van der Waals surface area (Å²) in [5.74, 6) is -5.72. The van der Waals surface area contributed by atoms with Crippen molar-refractivity contribution in [2.75, 3.05) is 6.54 Å². The number of nitrogens with one attached hydrogen (secondary N) is 2. The van der Waals surface area contributed by atoms with Gasteiger partial charge in [-0.3, -0.25) is 4.79 Å². The minimum absolute atomic E-state index is 1.09. The first kappa shape index (κ1) is 14.5. The highest BCUT2D eigenvalue weighted by Gasteiger charge is 2.40. The van der Waals surface area contributed by atoms with Gasteiger partial charge < -0.3 is 15.7 Å². The largest absolute Gasteiger partial charge is 0.480 e. The maximum atomic E-state index is 12.3. The van der Waals surface area contributed by atoms with Crippen LogP contribution in [-0.4, -0.2) is 42.0 Å². The molecule has 0 saturated carbocycles. The highest BCUT2D eigenvalue weighted by molar-refractivity contribution is 5.82. The maximum Gasteiger partial charge on any atom is 0.325 e. The number of carboxylic acids is 1. The van der Waals surface area contributed by atoms with E-state index in [-0.39, 0.29) is 0 Å². The lowest BCUT2D eigenvalue weighted by molar-refractivity contribution is -0.138. The van der Waals surface area contributed by atoms with Crippen molar-refractivity contribution in [3.05, 3.63) is 0 Å². The lowest BCUT2D eigenvalue weighted by Gasteiger charge is -2.16. The summed E-state index contributed by atoms with van der Waals surface area (Å²) in [6.07, 6.45) is -3.90. The van der Waals surface area contributed by atoms with Gasteiger partial charge in [0.15, 0.2) is 0 Å². The smallest absolute Gasteiger partial charge is 0.325 e. The number of hydrogen-bond donors (Lipinski definition) is 3. The van der Waals surface area contributed by atoms with E-state index in [1.165, 1.54) is 5.32 Å². The number of carbonyl (C=O) groups excluding carboxylic acids is 1. The molecule has 0 aliphatic heterocycles. The fourth-order valence-corrected chi connectivity index (χ4v) is 0.585. The van der Waals surface area contributed by atoms with Crippen molar-refractivity contribution in [3.63, 3.8) is 0 Å². The number of rotatable bonds is 5. The molecular weight excluding hydrogens is 236 g/mol. The lowest BCUT2D eigenvalue weighted by Crippen LogP contribution is -2.49. The zero-order valence-corrected chi connectivity index (χ0v) is 8.14. The predicted molar refractivity (Wildman–Crippen MR) is 44.6 cm³/mol. The zero-order chi connectivity index (χ0) is 12.9. The first-order chi connectivity index (χ1) is 7.16. The van der Waals surface area contributed by atoms with Gasteiger partial charge in [-0.25, -0.2) is 13.6 Å². The summed E-state index contributed by atoms with van der Waals surface area (Å²) in [7, 11) is 0. The Hall–Kier alpha value is -1.54. The SMILES string of the molecule is C[C@H](NC(=O)NCC(F)(F)C(F)F)C(=O)O. The lowest BCUT2D eigenvalue weighted by atomic mass is 10.3. The Balaban J connectivity index is 4.04. The van der Waals surface area contributed by atoms with E-state index < -0.39 is 36.9 Å². The molecule has 16 heavy (non-hydrogen) atoms. The minimum Gasteiger partial charge on any atom is -0.480 e. The quantitative estimate of drug-likeness (QED) is 0.623. The van der Waals surface area contributed by atoms with Crippen LogP contribution in [0, 0.1) is 0 Å². The third-order valence-electron chi connectivity index (χ3n) is 1.52. The molecule has 1 atom stereocenters. The molecule has 94 valence electrons. The highest BCUT2D eigenvalue weighted by Crippen LogP contribution is 2.21. The summed E-state index contributed by atoms with van der Waals surface area (Å²) >= 11 is 0. The van der Waals surface area contributed by atoms with Crippen molar-refractivity contribution in [2.45, 2.75) is 25.3 Å². The van der Waals surface area contributed by atoms with E-state index in [1.54, 1.807) is 5.32 Å². The standard InChI is InChI=1S/C7H10F4N2O3/c1-3(4(14)15)13-6(16)12-2-7(10,11)5(8)9/h3,5H,2H2,1H3,(H,14,15)(H2,12,13,16)/t3-/m0/s1. The maximum absolute atomic E-state index is 12.3. The topological polar surface area (TPSA) is 78.4 Å². The van der Waals surface area contributed by atoms with E-state index >= 15 is 0 Å². The van der Waals surface area contributed by atoms with Crippen LogP contribution in [0.2, 0.25) is 0 Å². The number of hydrogen-bond acceptors (Lipinski definition) is 2. The number of aliphatic carboxylic acids is 1. The molecular formula is C7H10F4N2O3.